The molecule has 0 amide bonds. The summed E-state index contributed by atoms with van der Waals surface area (Å²) in [5.41, 5.74) is 1.82. The van der Waals surface area contributed by atoms with Gasteiger partial charge in [0, 0.05) is 17.4 Å². The molecule has 0 spiro atoms. The van der Waals surface area contributed by atoms with Crippen LogP contribution in [-0.4, -0.2) is 39.2 Å². The Kier molecular flexibility index (Phi) is 8.81. The number of benzene rings is 3. The minimum atomic E-state index is -0.588. The van der Waals surface area contributed by atoms with E-state index in [1.165, 1.54) is 20.3 Å². The first-order chi connectivity index (χ1) is 16.4. The number of carbonyl (C=O) groups excluding carboxylic acids is 1. The third-order valence-corrected chi connectivity index (χ3v) is 5.16. The van der Waals surface area contributed by atoms with Crippen molar-refractivity contribution in [2.45, 2.75) is 0 Å². The fourth-order valence-corrected chi connectivity index (χ4v) is 3.10. The Hall–Kier alpha value is -3.65. The van der Waals surface area contributed by atoms with Gasteiger partial charge >= 0.3 is 5.97 Å². The Morgan fingerprint density at radius 1 is 0.824 bits per heavy atom. The Labute approximate surface area is 203 Å². The Morgan fingerprint density at radius 3 is 2.03 bits per heavy atom. The molecule has 0 N–H and O–H groups in total. The lowest BCUT2D eigenvalue weighted by Gasteiger charge is -2.13. The largest absolute Gasteiger partial charge is 0.494 e. The molecular weight excluding hydrogens is 459 g/mol. The summed E-state index contributed by atoms with van der Waals surface area (Å²) >= 11 is 4.02. The molecule has 0 radical (unpaired) electrons. The first-order valence-electron chi connectivity index (χ1n) is 10.3. The van der Waals surface area contributed by atoms with Crippen molar-refractivity contribution in [2.75, 3.05) is 33.2 Å². The molecule has 3 aromatic rings. The van der Waals surface area contributed by atoms with Crippen molar-refractivity contribution in [1.82, 2.24) is 0 Å². The highest BCUT2D eigenvalue weighted by atomic mass is 32.1. The minimum Gasteiger partial charge on any atom is -0.494 e. The van der Waals surface area contributed by atoms with Crippen LogP contribution in [0.3, 0.4) is 0 Å². The molecule has 0 aliphatic rings. The number of hydrogen-bond donors (Lipinski definition) is 1. The molecule has 0 bridgehead atoms. The number of ether oxygens (including phenoxy) is 5. The molecule has 0 unspecified atom stereocenters. The van der Waals surface area contributed by atoms with Gasteiger partial charge in [0.25, 0.3) is 0 Å². The lowest BCUT2D eigenvalue weighted by Crippen LogP contribution is -2.12. The maximum Gasteiger partial charge on any atom is 0.339 e. The lowest BCUT2D eigenvalue weighted by molar-refractivity contribution is -0.130. The van der Waals surface area contributed by atoms with Gasteiger partial charge in [0.2, 0.25) is 0 Å². The van der Waals surface area contributed by atoms with Crippen molar-refractivity contribution in [3.8, 4) is 39.9 Å². The predicted molar refractivity (Wildman–Crippen MR) is 131 cm³/mol. The first-order valence-corrected chi connectivity index (χ1v) is 11.0. The van der Waals surface area contributed by atoms with E-state index in [9.17, 15) is 9.18 Å². The van der Waals surface area contributed by atoms with Gasteiger partial charge in [-0.05, 0) is 47.5 Å². The molecule has 0 aliphatic heterocycles. The number of halogens is 1. The van der Waals surface area contributed by atoms with E-state index in [1.54, 1.807) is 42.5 Å². The zero-order valence-electron chi connectivity index (χ0n) is 18.9. The SMILES string of the molecule is C=C(CS)C(=O)Oc1cc(OCCOc2ccc(-c3ccc(OC)c(F)c3)cc2)ccc1OC. The fourth-order valence-electron chi connectivity index (χ4n) is 2.97. The normalized spacial score (nSPS) is 10.4. The van der Waals surface area contributed by atoms with Crippen LogP contribution in [0.25, 0.3) is 11.1 Å². The Bertz CT molecular complexity index is 1150. The molecule has 6 nitrogen and oxygen atoms in total. The van der Waals surface area contributed by atoms with Crippen LogP contribution in [0, 0.1) is 5.82 Å². The van der Waals surface area contributed by atoms with Crippen LogP contribution < -0.4 is 23.7 Å². The second kappa shape index (κ2) is 12.0. The van der Waals surface area contributed by atoms with E-state index in [4.69, 9.17) is 23.7 Å². The lowest BCUT2D eigenvalue weighted by atomic mass is 10.1. The van der Waals surface area contributed by atoms with Crippen LogP contribution in [0.1, 0.15) is 0 Å². The highest BCUT2D eigenvalue weighted by Crippen LogP contribution is 2.32. The van der Waals surface area contributed by atoms with E-state index >= 15 is 0 Å². The van der Waals surface area contributed by atoms with Crippen molar-refractivity contribution in [3.05, 3.63) is 78.6 Å². The van der Waals surface area contributed by atoms with Crippen LogP contribution in [0.2, 0.25) is 0 Å². The Balaban J connectivity index is 1.54. The maximum atomic E-state index is 13.9. The van der Waals surface area contributed by atoms with Crippen LogP contribution in [0.5, 0.6) is 28.7 Å². The summed E-state index contributed by atoms with van der Waals surface area (Å²) in [6.45, 7) is 4.15. The van der Waals surface area contributed by atoms with Crippen LogP contribution in [0.4, 0.5) is 4.39 Å². The average Bonchev–Trinajstić information content (AvgIpc) is 2.86. The van der Waals surface area contributed by atoms with Gasteiger partial charge in [-0.25, -0.2) is 9.18 Å². The standard InChI is InChI=1S/C26H25FO6S/c1-17(16-34)26(28)33-25-15-21(9-11-24(25)30-3)32-13-12-31-20-7-4-18(5-8-20)19-6-10-23(29-2)22(27)14-19/h4-11,14-15,34H,1,12-13,16H2,2-3H3. The maximum absolute atomic E-state index is 13.9. The van der Waals surface area contributed by atoms with Gasteiger partial charge in [-0.3, -0.25) is 0 Å². The predicted octanol–water partition coefficient (Wildman–Crippen LogP) is 5.36. The van der Waals surface area contributed by atoms with Gasteiger partial charge in [-0.1, -0.05) is 24.8 Å². The van der Waals surface area contributed by atoms with E-state index in [0.29, 0.717) is 17.2 Å². The van der Waals surface area contributed by atoms with Gasteiger partial charge in [0.05, 0.1) is 14.2 Å². The fraction of sp³-hybridized carbons (Fsp3) is 0.192. The summed E-state index contributed by atoms with van der Waals surface area (Å²) in [7, 11) is 2.91. The molecule has 0 fully saturated rings. The molecule has 0 aliphatic carbocycles. The second-order valence-corrected chi connectivity index (χ2v) is 7.35. The highest BCUT2D eigenvalue weighted by Gasteiger charge is 2.14. The van der Waals surface area contributed by atoms with Crippen LogP contribution in [0.15, 0.2) is 72.8 Å². The average molecular weight is 485 g/mol. The highest BCUT2D eigenvalue weighted by molar-refractivity contribution is 7.80. The van der Waals surface area contributed by atoms with Crippen molar-refractivity contribution in [1.29, 1.82) is 0 Å². The summed E-state index contributed by atoms with van der Waals surface area (Å²) in [5.74, 6) is 1.13. The van der Waals surface area contributed by atoms with E-state index in [0.717, 1.165) is 11.1 Å². The van der Waals surface area contributed by atoms with Crippen molar-refractivity contribution >= 4 is 18.6 Å². The number of rotatable bonds is 11. The van der Waals surface area contributed by atoms with Gasteiger partial charge in [-0.15, -0.1) is 0 Å². The molecule has 34 heavy (non-hydrogen) atoms. The van der Waals surface area contributed by atoms with Gasteiger partial charge in [0.1, 0.15) is 24.7 Å². The van der Waals surface area contributed by atoms with E-state index in [1.807, 2.05) is 12.1 Å². The molecule has 8 heteroatoms. The van der Waals surface area contributed by atoms with Gasteiger partial charge in [0.15, 0.2) is 23.1 Å². The summed E-state index contributed by atoms with van der Waals surface area (Å²) in [6.07, 6.45) is 0. The van der Waals surface area contributed by atoms with Crippen LogP contribution in [-0.2, 0) is 4.79 Å². The smallest absolute Gasteiger partial charge is 0.339 e. The second-order valence-electron chi connectivity index (χ2n) is 7.03. The van der Waals surface area contributed by atoms with Crippen molar-refractivity contribution in [3.63, 3.8) is 0 Å². The molecule has 0 saturated carbocycles. The summed E-state index contributed by atoms with van der Waals surface area (Å²) in [5, 5.41) is 0. The molecular formula is C26H25FO6S. The minimum absolute atomic E-state index is 0.187. The zero-order valence-corrected chi connectivity index (χ0v) is 19.8. The monoisotopic (exact) mass is 484 g/mol. The quantitative estimate of drug-likeness (QED) is 0.130. The topological polar surface area (TPSA) is 63.2 Å². The summed E-state index contributed by atoms with van der Waals surface area (Å²) < 4.78 is 40.9. The number of hydrogen-bond acceptors (Lipinski definition) is 7. The molecule has 0 saturated heterocycles. The molecule has 3 aromatic carbocycles. The third kappa shape index (κ3) is 6.45. The number of thiol groups is 1. The van der Waals surface area contributed by atoms with Crippen molar-refractivity contribution in [2.24, 2.45) is 0 Å². The van der Waals surface area contributed by atoms with Gasteiger partial charge < -0.3 is 23.7 Å². The molecule has 0 heterocycles. The number of esters is 1. The van der Waals surface area contributed by atoms with Gasteiger partial charge in [-0.2, -0.15) is 12.6 Å². The van der Waals surface area contributed by atoms with Crippen molar-refractivity contribution < 1.29 is 32.9 Å². The molecule has 0 aromatic heterocycles. The zero-order chi connectivity index (χ0) is 24.5. The number of carbonyl (C=O) groups is 1. The summed E-state index contributed by atoms with van der Waals surface area (Å²) in [4.78, 5) is 12.0. The van der Waals surface area contributed by atoms with E-state index in [2.05, 4.69) is 19.2 Å². The molecule has 178 valence electrons. The first kappa shape index (κ1) is 25.0. The molecule has 3 rings (SSSR count). The third-order valence-electron chi connectivity index (χ3n) is 4.78. The Morgan fingerprint density at radius 2 is 1.41 bits per heavy atom. The van der Waals surface area contributed by atoms with E-state index < -0.39 is 11.8 Å². The summed E-state index contributed by atoms with van der Waals surface area (Å²) in [6, 6.07) is 17.0. The van der Waals surface area contributed by atoms with E-state index in [-0.39, 0.29) is 36.0 Å². The number of methoxy groups -OCH3 is 2. The van der Waals surface area contributed by atoms with Crippen LogP contribution >= 0.6 is 12.6 Å². The molecule has 0 atom stereocenters.